The Morgan fingerprint density at radius 3 is 2.40 bits per heavy atom. The van der Waals surface area contributed by atoms with Crippen LogP contribution in [0.5, 0.6) is 0 Å². The first-order chi connectivity index (χ1) is 4.14. The van der Waals surface area contributed by atoms with E-state index in [1.807, 2.05) is 6.92 Å². The number of nitrogens with zero attached hydrogens (tertiary/aromatic N) is 1. The van der Waals surface area contributed by atoms with Crippen molar-refractivity contribution in [2.75, 3.05) is 6.54 Å². The molecule has 1 unspecified atom stereocenters. The molecule has 0 aliphatic carbocycles. The normalized spacial score (nSPS) is 29.7. The summed E-state index contributed by atoms with van der Waals surface area (Å²) in [5.41, 5.74) is 0. The molecule has 61 valence electrons. The Morgan fingerprint density at radius 2 is 2.20 bits per heavy atom. The molecule has 1 fully saturated rings. The molecule has 10 heavy (non-hydrogen) atoms. The Labute approximate surface area is 73.2 Å². The Balaban J connectivity index is 0.000000810. The van der Waals surface area contributed by atoms with Crippen LogP contribution in [0.25, 0.3) is 5.32 Å². The average molecular weight is 320 g/mol. The second-order valence-corrected chi connectivity index (χ2v) is 2.46. The number of hydrogen-bond acceptors (Lipinski definition) is 0. The van der Waals surface area contributed by atoms with Crippen LogP contribution in [-0.4, -0.2) is 18.5 Å². The molecule has 0 spiro atoms. The maximum Gasteiger partial charge on any atom is 0.228 e. The average Bonchev–Trinajstić information content (AvgIpc) is 2.10. The van der Waals surface area contributed by atoms with Crippen molar-refractivity contribution < 1.29 is 29.2 Å². The van der Waals surface area contributed by atoms with Crippen LogP contribution in [-0.2, 0) is 20.4 Å². The third-order valence-corrected chi connectivity index (χ3v) is 1.59. The molecule has 4 heteroatoms. The molecule has 1 saturated heterocycles. The predicted molar refractivity (Wildman–Crippen MR) is 31.9 cm³/mol. The summed E-state index contributed by atoms with van der Waals surface area (Å²) in [7, 11) is 0. The molecule has 1 nitrogen and oxygen atoms in total. The van der Waals surface area contributed by atoms with Gasteiger partial charge in [0.25, 0.3) is 0 Å². The third kappa shape index (κ3) is 2.61. The van der Waals surface area contributed by atoms with Crippen LogP contribution in [0.1, 0.15) is 19.8 Å². The van der Waals surface area contributed by atoms with Crippen LogP contribution in [0.15, 0.2) is 0 Å². The first kappa shape index (κ1) is 10.5. The third-order valence-electron chi connectivity index (χ3n) is 1.59. The molecule has 1 heterocycles. The van der Waals surface area contributed by atoms with E-state index < -0.39 is 5.92 Å². The molecule has 0 aromatic heterocycles. The van der Waals surface area contributed by atoms with Gasteiger partial charge in [-0.1, -0.05) is 19.9 Å². The summed E-state index contributed by atoms with van der Waals surface area (Å²) in [4.78, 5) is 0. The minimum atomic E-state index is -2.50. The molecule has 1 aliphatic heterocycles. The summed E-state index contributed by atoms with van der Waals surface area (Å²) in [6.45, 7) is 1.63. The van der Waals surface area contributed by atoms with Gasteiger partial charge in [0.05, 0.1) is 0 Å². The van der Waals surface area contributed by atoms with E-state index in [1.54, 1.807) is 0 Å². The van der Waals surface area contributed by atoms with E-state index in [4.69, 9.17) is 0 Å². The van der Waals surface area contributed by atoms with Crippen molar-refractivity contribution in [1.29, 1.82) is 0 Å². The smallest absolute Gasteiger partial charge is 0.228 e. The van der Waals surface area contributed by atoms with E-state index in [0.29, 0.717) is 0 Å². The van der Waals surface area contributed by atoms with Gasteiger partial charge in [-0.3, -0.25) is 0 Å². The second-order valence-electron chi connectivity index (χ2n) is 2.46. The van der Waals surface area contributed by atoms with Crippen LogP contribution < -0.4 is 0 Å². The number of rotatable bonds is 1. The van der Waals surface area contributed by atoms with E-state index in [1.165, 1.54) is 0 Å². The Bertz CT molecular complexity index is 108. The van der Waals surface area contributed by atoms with E-state index in [9.17, 15) is 8.78 Å². The summed E-state index contributed by atoms with van der Waals surface area (Å²) >= 11 is 0. The van der Waals surface area contributed by atoms with E-state index in [2.05, 4.69) is 5.32 Å². The molecule has 0 amide bonds. The van der Waals surface area contributed by atoms with Gasteiger partial charge in [-0.25, -0.2) is 8.78 Å². The van der Waals surface area contributed by atoms with Gasteiger partial charge in [0.15, 0.2) is 0 Å². The Hall–Kier alpha value is 0.482. The fraction of sp³-hybridized carbons (Fsp3) is 1.00. The standard InChI is InChI=1S/C6H10F2N.Re/c1-2-5-3-6(7,8)4-9-5;/h5H,2-4H2,1H3;/q-1;. The molecular formula is C6H10F2NRe-. The van der Waals surface area contributed by atoms with Crippen molar-refractivity contribution >= 4 is 0 Å². The zero-order valence-corrected chi connectivity index (χ0v) is 8.50. The van der Waals surface area contributed by atoms with Gasteiger partial charge in [0.2, 0.25) is 5.92 Å². The second kappa shape index (κ2) is 3.75. The SMILES string of the molecule is CCC1CC(F)(F)C[N-]1.[Re]. The number of alkyl halides is 2. The summed E-state index contributed by atoms with van der Waals surface area (Å²) in [6, 6.07) is -0.0833. The maximum atomic E-state index is 12.3. The van der Waals surface area contributed by atoms with Crippen molar-refractivity contribution in [2.45, 2.75) is 31.7 Å². The molecule has 0 N–H and O–H groups in total. The molecule has 0 aromatic rings. The minimum absolute atomic E-state index is 0. The maximum absolute atomic E-state index is 12.3. The van der Waals surface area contributed by atoms with Crippen LogP contribution in [0.2, 0.25) is 0 Å². The largest absolute Gasteiger partial charge is 0.655 e. The van der Waals surface area contributed by atoms with Gasteiger partial charge < -0.3 is 5.32 Å². The fourth-order valence-corrected chi connectivity index (χ4v) is 1.01. The summed E-state index contributed by atoms with van der Waals surface area (Å²) in [5.74, 6) is -2.50. The van der Waals surface area contributed by atoms with Crippen LogP contribution in [0.3, 0.4) is 0 Å². The summed E-state index contributed by atoms with van der Waals surface area (Å²) in [5, 5.41) is 3.76. The number of hydrogen-bond donors (Lipinski definition) is 0. The van der Waals surface area contributed by atoms with E-state index in [0.717, 1.165) is 6.42 Å². The first-order valence-corrected chi connectivity index (χ1v) is 3.18. The Morgan fingerprint density at radius 1 is 1.60 bits per heavy atom. The van der Waals surface area contributed by atoms with Gasteiger partial charge in [-0.2, -0.15) is 0 Å². The van der Waals surface area contributed by atoms with Gasteiger partial charge in [-0.05, 0) is 6.42 Å². The predicted octanol–water partition coefficient (Wildman–Crippen LogP) is 2.18. The topological polar surface area (TPSA) is 14.1 Å². The Kier molecular flexibility index (Phi) is 3.93. The summed E-state index contributed by atoms with van der Waals surface area (Å²) < 4.78 is 24.6. The van der Waals surface area contributed by atoms with Crippen LogP contribution in [0, 0.1) is 0 Å². The molecular weight excluding hydrogens is 310 g/mol. The molecule has 0 saturated carbocycles. The minimum Gasteiger partial charge on any atom is -0.655 e. The van der Waals surface area contributed by atoms with Crippen molar-refractivity contribution in [3.8, 4) is 0 Å². The van der Waals surface area contributed by atoms with Crippen molar-refractivity contribution in [3.63, 3.8) is 0 Å². The van der Waals surface area contributed by atoms with Gasteiger partial charge >= 0.3 is 0 Å². The van der Waals surface area contributed by atoms with E-state index in [-0.39, 0.29) is 39.4 Å². The van der Waals surface area contributed by atoms with Crippen LogP contribution in [0.4, 0.5) is 8.78 Å². The molecule has 1 rings (SSSR count). The van der Waals surface area contributed by atoms with Gasteiger partial charge in [-0.15, -0.1) is 6.04 Å². The van der Waals surface area contributed by atoms with Crippen molar-refractivity contribution in [2.24, 2.45) is 0 Å². The summed E-state index contributed by atoms with van der Waals surface area (Å²) in [6.07, 6.45) is 0.707. The molecule has 0 aromatic carbocycles. The van der Waals surface area contributed by atoms with Gasteiger partial charge in [0, 0.05) is 20.4 Å². The molecule has 0 bridgehead atoms. The van der Waals surface area contributed by atoms with Crippen molar-refractivity contribution in [3.05, 3.63) is 5.32 Å². The van der Waals surface area contributed by atoms with Gasteiger partial charge in [0.1, 0.15) is 0 Å². The fourth-order valence-electron chi connectivity index (χ4n) is 1.01. The molecule has 1 radical (unpaired) electrons. The zero-order valence-electron chi connectivity index (χ0n) is 5.78. The monoisotopic (exact) mass is 321 g/mol. The molecule has 1 atom stereocenters. The van der Waals surface area contributed by atoms with Crippen molar-refractivity contribution in [1.82, 2.24) is 0 Å². The van der Waals surface area contributed by atoms with Crippen LogP contribution >= 0.6 is 0 Å². The quantitative estimate of drug-likeness (QED) is 0.703. The number of halogens is 2. The first-order valence-electron chi connectivity index (χ1n) is 3.18. The van der Waals surface area contributed by atoms with E-state index >= 15 is 0 Å². The zero-order chi connectivity index (χ0) is 6.91. The molecule has 1 aliphatic rings.